The summed E-state index contributed by atoms with van der Waals surface area (Å²) in [6.45, 7) is 0.625. The Morgan fingerprint density at radius 2 is 1.60 bits per heavy atom. The molecule has 0 atom stereocenters. The van der Waals surface area contributed by atoms with Crippen LogP contribution in [0, 0.1) is 0 Å². The van der Waals surface area contributed by atoms with Gasteiger partial charge in [0.2, 0.25) is 10.0 Å². The minimum atomic E-state index is -3.61. The highest BCUT2D eigenvalue weighted by atomic mass is 35.5. The number of halogens is 4. The summed E-state index contributed by atoms with van der Waals surface area (Å²) in [5.74, 6) is -0.319. The van der Waals surface area contributed by atoms with E-state index < -0.39 is 15.9 Å². The molecule has 11 heteroatoms. The Hall–Kier alpha value is -1.22. The molecule has 1 N–H and O–H groups in total. The topological polar surface area (TPSA) is 75.7 Å². The van der Waals surface area contributed by atoms with Crippen LogP contribution >= 0.6 is 46.4 Å². The molecule has 1 saturated heterocycles. The maximum Gasteiger partial charge on any atom is 0.262 e. The molecule has 0 radical (unpaired) electrons. The van der Waals surface area contributed by atoms with E-state index in [1.807, 2.05) is 0 Å². The summed E-state index contributed by atoms with van der Waals surface area (Å²) >= 11 is 24.0. The molecule has 6 nitrogen and oxygen atoms in total. The molecule has 1 fully saturated rings. The Morgan fingerprint density at radius 3 is 2.27 bits per heavy atom. The molecule has 0 aliphatic carbocycles. The third-order valence-corrected chi connectivity index (χ3v) is 7.72. The number of carbonyl (C=O) groups excluding carboxylic acids is 1. The maximum atomic E-state index is 12.7. The lowest BCUT2D eigenvalue weighted by molar-refractivity contribution is -0.118. The maximum absolute atomic E-state index is 12.7. The molecule has 162 valence electrons. The van der Waals surface area contributed by atoms with E-state index >= 15 is 0 Å². The second-order valence-electron chi connectivity index (χ2n) is 6.64. The number of benzene rings is 2. The Balaban J connectivity index is 1.65. The molecule has 1 heterocycles. The number of nitrogens with one attached hydrogen (secondary N) is 1. The van der Waals surface area contributed by atoms with Crippen LogP contribution in [0.15, 0.2) is 35.2 Å². The van der Waals surface area contributed by atoms with E-state index in [1.165, 1.54) is 34.6 Å². The Labute approximate surface area is 195 Å². The van der Waals surface area contributed by atoms with Gasteiger partial charge in [0.1, 0.15) is 5.75 Å². The number of amides is 1. The summed E-state index contributed by atoms with van der Waals surface area (Å²) in [4.78, 5) is 12.3. The normalized spacial score (nSPS) is 15.1. The molecule has 2 aromatic carbocycles. The highest BCUT2D eigenvalue weighted by Crippen LogP contribution is 2.33. The number of nitrogens with zero attached hydrogens (tertiary/aromatic N) is 1. The van der Waals surface area contributed by atoms with Crippen molar-refractivity contribution in [3.8, 4) is 5.75 Å². The lowest BCUT2D eigenvalue weighted by atomic mass is 10.2. The van der Waals surface area contributed by atoms with E-state index in [-0.39, 0.29) is 43.0 Å². The standard InChI is InChI=1S/C19H18Cl4N2O4S/c20-13-9-15(22)17(10-14(13)21)24-19(26)11-29-18-5-4-12(8-16(18)23)30(27,28)25-6-2-1-3-7-25/h4-5,8-10H,1-3,6-7,11H2,(H,24,26). The van der Waals surface area contributed by atoms with Crippen LogP contribution in [-0.2, 0) is 14.8 Å². The quantitative estimate of drug-likeness (QED) is 0.520. The molecule has 30 heavy (non-hydrogen) atoms. The first-order chi connectivity index (χ1) is 14.2. The predicted octanol–water partition coefficient (Wildman–Crippen LogP) is 5.49. The van der Waals surface area contributed by atoms with Gasteiger partial charge >= 0.3 is 0 Å². The van der Waals surface area contributed by atoms with Crippen LogP contribution in [0.5, 0.6) is 5.75 Å². The molecular weight excluding hydrogens is 494 g/mol. The second-order valence-corrected chi connectivity index (χ2v) is 10.2. The summed E-state index contributed by atoms with van der Waals surface area (Å²) in [7, 11) is -3.61. The molecule has 0 bridgehead atoms. The fourth-order valence-corrected chi connectivity index (χ4v) is 5.40. The number of sulfonamides is 1. The van der Waals surface area contributed by atoms with E-state index in [2.05, 4.69) is 5.32 Å². The molecule has 3 rings (SSSR count). The third-order valence-electron chi connectivity index (χ3n) is 4.50. The van der Waals surface area contributed by atoms with Gasteiger partial charge in [-0.25, -0.2) is 8.42 Å². The van der Waals surface area contributed by atoms with Crippen molar-refractivity contribution in [2.75, 3.05) is 25.0 Å². The molecule has 0 spiro atoms. The van der Waals surface area contributed by atoms with Crippen molar-refractivity contribution >= 4 is 68.0 Å². The Bertz CT molecular complexity index is 1060. The minimum Gasteiger partial charge on any atom is -0.482 e. The number of rotatable bonds is 6. The Kier molecular flexibility index (Phi) is 7.76. The predicted molar refractivity (Wildman–Crippen MR) is 120 cm³/mol. The van der Waals surface area contributed by atoms with Crippen LogP contribution in [0.3, 0.4) is 0 Å². The number of hydrogen-bond donors (Lipinski definition) is 1. The van der Waals surface area contributed by atoms with Gasteiger partial charge in [0, 0.05) is 13.1 Å². The van der Waals surface area contributed by atoms with Crippen molar-refractivity contribution in [1.82, 2.24) is 4.31 Å². The van der Waals surface area contributed by atoms with Gasteiger partial charge in [0.25, 0.3) is 5.91 Å². The van der Waals surface area contributed by atoms with Gasteiger partial charge in [0.15, 0.2) is 6.61 Å². The fourth-order valence-electron chi connectivity index (χ4n) is 2.96. The molecule has 0 saturated carbocycles. The average molecular weight is 512 g/mol. The molecule has 1 aliphatic heterocycles. The van der Waals surface area contributed by atoms with Crippen LogP contribution in [0.1, 0.15) is 19.3 Å². The molecule has 0 unspecified atom stereocenters. The largest absolute Gasteiger partial charge is 0.482 e. The van der Waals surface area contributed by atoms with E-state index in [9.17, 15) is 13.2 Å². The smallest absolute Gasteiger partial charge is 0.262 e. The van der Waals surface area contributed by atoms with Crippen molar-refractivity contribution in [1.29, 1.82) is 0 Å². The van der Waals surface area contributed by atoms with Crippen LogP contribution in [0.4, 0.5) is 5.69 Å². The summed E-state index contributed by atoms with van der Waals surface area (Å²) < 4.78 is 32.3. The third kappa shape index (κ3) is 5.52. The van der Waals surface area contributed by atoms with Crippen molar-refractivity contribution < 1.29 is 17.9 Å². The number of piperidine rings is 1. The Morgan fingerprint density at radius 1 is 0.933 bits per heavy atom. The van der Waals surface area contributed by atoms with E-state index in [0.717, 1.165) is 19.3 Å². The average Bonchev–Trinajstić information content (AvgIpc) is 2.71. The monoisotopic (exact) mass is 510 g/mol. The summed E-state index contributed by atoms with van der Waals surface area (Å²) in [6, 6.07) is 7.02. The van der Waals surface area contributed by atoms with Crippen molar-refractivity contribution in [2.45, 2.75) is 24.2 Å². The SMILES string of the molecule is O=C(COc1ccc(S(=O)(=O)N2CCCCC2)cc1Cl)Nc1cc(Cl)c(Cl)cc1Cl. The lowest BCUT2D eigenvalue weighted by Crippen LogP contribution is -2.35. The number of ether oxygens (including phenoxy) is 1. The molecule has 1 aliphatic rings. The number of carbonyl (C=O) groups is 1. The van der Waals surface area contributed by atoms with Gasteiger partial charge in [0.05, 0.1) is 30.7 Å². The van der Waals surface area contributed by atoms with Crippen LogP contribution in [-0.4, -0.2) is 38.3 Å². The summed E-state index contributed by atoms with van der Waals surface area (Å²) in [5, 5.41) is 3.39. The van der Waals surface area contributed by atoms with Crippen molar-refractivity contribution in [3.05, 3.63) is 50.4 Å². The highest BCUT2D eigenvalue weighted by Gasteiger charge is 2.26. The van der Waals surface area contributed by atoms with Crippen molar-refractivity contribution in [2.24, 2.45) is 0 Å². The van der Waals surface area contributed by atoms with Crippen LogP contribution in [0.25, 0.3) is 0 Å². The van der Waals surface area contributed by atoms with Crippen molar-refractivity contribution in [3.63, 3.8) is 0 Å². The minimum absolute atomic E-state index is 0.0912. The van der Waals surface area contributed by atoms with E-state index in [0.29, 0.717) is 13.1 Å². The zero-order chi connectivity index (χ0) is 21.9. The van der Waals surface area contributed by atoms with Gasteiger partial charge in [-0.15, -0.1) is 0 Å². The molecule has 1 amide bonds. The molecule has 2 aromatic rings. The first-order valence-electron chi connectivity index (χ1n) is 9.05. The van der Waals surface area contributed by atoms with Gasteiger partial charge in [-0.3, -0.25) is 4.79 Å². The van der Waals surface area contributed by atoms with Gasteiger partial charge < -0.3 is 10.1 Å². The zero-order valence-corrected chi connectivity index (χ0v) is 19.5. The van der Waals surface area contributed by atoms with Gasteiger partial charge in [-0.2, -0.15) is 4.31 Å². The molecular formula is C19H18Cl4N2O4S. The first-order valence-corrected chi connectivity index (χ1v) is 12.0. The zero-order valence-electron chi connectivity index (χ0n) is 15.6. The van der Waals surface area contributed by atoms with Crippen LogP contribution in [0.2, 0.25) is 20.1 Å². The van der Waals surface area contributed by atoms with E-state index in [4.69, 9.17) is 51.1 Å². The lowest BCUT2D eigenvalue weighted by Gasteiger charge is -2.26. The van der Waals surface area contributed by atoms with Gasteiger partial charge in [-0.1, -0.05) is 52.8 Å². The fraction of sp³-hybridized carbons (Fsp3) is 0.316. The highest BCUT2D eigenvalue weighted by molar-refractivity contribution is 7.89. The number of hydrogen-bond acceptors (Lipinski definition) is 4. The van der Waals surface area contributed by atoms with Crippen LogP contribution < -0.4 is 10.1 Å². The number of anilines is 1. The summed E-state index contributed by atoms with van der Waals surface area (Å²) in [5.41, 5.74) is 0.286. The summed E-state index contributed by atoms with van der Waals surface area (Å²) in [6.07, 6.45) is 2.70. The second kappa shape index (κ2) is 9.94. The first kappa shape index (κ1) is 23.4. The molecule has 0 aromatic heterocycles. The van der Waals surface area contributed by atoms with Gasteiger partial charge in [-0.05, 0) is 43.2 Å². The van der Waals surface area contributed by atoms with E-state index in [1.54, 1.807) is 0 Å².